The van der Waals surface area contributed by atoms with Crippen LogP contribution in [0.15, 0.2) is 4.99 Å². The number of likely N-dealkylation sites (tertiary alicyclic amines) is 1. The molecule has 1 heterocycles. The van der Waals surface area contributed by atoms with Gasteiger partial charge in [-0.3, -0.25) is 33.8 Å². The van der Waals surface area contributed by atoms with E-state index in [4.69, 9.17) is 22.3 Å². The largest absolute Gasteiger partial charge is 0.481 e. The maximum atomic E-state index is 13.2. The van der Waals surface area contributed by atoms with Gasteiger partial charge in [0.25, 0.3) is 0 Å². The van der Waals surface area contributed by atoms with Crippen LogP contribution in [0.2, 0.25) is 0 Å². The number of nitrogens with zero attached hydrogens (tertiary/aromatic N) is 2. The molecule has 16 heteroatoms. The minimum Gasteiger partial charge on any atom is -0.481 e. The fraction of sp³-hybridized carbons (Fsp3) is 0.708. The number of guanidine groups is 1. The summed E-state index contributed by atoms with van der Waals surface area (Å²) < 4.78 is 0. The van der Waals surface area contributed by atoms with Crippen molar-refractivity contribution in [3.8, 4) is 0 Å². The highest BCUT2D eigenvalue weighted by atomic mass is 16.4. The molecule has 5 atom stereocenters. The highest BCUT2D eigenvalue weighted by Crippen LogP contribution is 2.20. The first-order valence-electron chi connectivity index (χ1n) is 13.1. The summed E-state index contributed by atoms with van der Waals surface area (Å²) in [5, 5.41) is 25.3. The Kier molecular flexibility index (Phi) is 13.8. The molecule has 226 valence electrons. The van der Waals surface area contributed by atoms with Crippen molar-refractivity contribution in [2.45, 2.75) is 89.5 Å². The Balaban J connectivity index is 3.09. The van der Waals surface area contributed by atoms with Gasteiger partial charge in [-0.05, 0) is 44.9 Å². The van der Waals surface area contributed by atoms with E-state index in [-0.39, 0.29) is 37.2 Å². The van der Waals surface area contributed by atoms with Crippen LogP contribution in [0.25, 0.3) is 0 Å². The maximum Gasteiger partial charge on any atom is 0.325 e. The first kappa shape index (κ1) is 34.1. The number of aliphatic imine (C=N–C) groups is 1. The summed E-state index contributed by atoms with van der Waals surface area (Å²) in [6.07, 6.45) is 0.751. The normalized spacial score (nSPS) is 17.7. The molecular weight excluding hydrogens is 528 g/mol. The van der Waals surface area contributed by atoms with Gasteiger partial charge in [0.05, 0.1) is 12.5 Å². The van der Waals surface area contributed by atoms with Gasteiger partial charge in [-0.15, -0.1) is 0 Å². The summed E-state index contributed by atoms with van der Waals surface area (Å²) >= 11 is 0. The van der Waals surface area contributed by atoms with E-state index in [0.717, 1.165) is 0 Å². The van der Waals surface area contributed by atoms with Crippen molar-refractivity contribution < 1.29 is 39.0 Å². The predicted octanol–water partition coefficient (Wildman–Crippen LogP) is -2.56. The second-order valence-electron chi connectivity index (χ2n) is 10.2. The predicted molar refractivity (Wildman–Crippen MR) is 143 cm³/mol. The maximum absolute atomic E-state index is 13.2. The average Bonchev–Trinajstić information content (AvgIpc) is 3.33. The van der Waals surface area contributed by atoms with E-state index in [1.165, 1.54) is 11.8 Å². The number of carboxylic acid groups (broad SMARTS) is 2. The van der Waals surface area contributed by atoms with Crippen molar-refractivity contribution in [1.29, 1.82) is 0 Å². The quantitative estimate of drug-likeness (QED) is 0.0543. The Labute approximate surface area is 232 Å². The third kappa shape index (κ3) is 11.4. The van der Waals surface area contributed by atoms with Crippen LogP contribution < -0.4 is 33.2 Å². The molecule has 1 saturated heterocycles. The lowest BCUT2D eigenvalue weighted by Crippen LogP contribution is -2.58. The monoisotopic (exact) mass is 570 g/mol. The van der Waals surface area contributed by atoms with Gasteiger partial charge in [0.15, 0.2) is 5.96 Å². The van der Waals surface area contributed by atoms with Crippen LogP contribution in [0, 0.1) is 5.92 Å². The molecule has 0 unspecified atom stereocenters. The Hall–Kier alpha value is -3.95. The molecule has 0 aromatic heterocycles. The third-order valence-electron chi connectivity index (χ3n) is 6.20. The van der Waals surface area contributed by atoms with Crippen LogP contribution in [0.3, 0.4) is 0 Å². The molecule has 0 aliphatic carbocycles. The van der Waals surface area contributed by atoms with Gasteiger partial charge >= 0.3 is 11.9 Å². The summed E-state index contributed by atoms with van der Waals surface area (Å²) in [6, 6.07) is -5.86. The molecule has 16 nitrogen and oxygen atoms in total. The Bertz CT molecular complexity index is 969. The van der Waals surface area contributed by atoms with Crippen molar-refractivity contribution in [3.05, 3.63) is 0 Å². The number of nitrogens with one attached hydrogen (secondary N) is 3. The second-order valence-corrected chi connectivity index (χ2v) is 10.2. The molecule has 0 aromatic carbocycles. The number of rotatable bonds is 16. The van der Waals surface area contributed by atoms with Crippen molar-refractivity contribution in [1.82, 2.24) is 20.9 Å². The van der Waals surface area contributed by atoms with E-state index in [1.807, 2.05) is 13.8 Å². The van der Waals surface area contributed by atoms with Crippen LogP contribution in [0.5, 0.6) is 0 Å². The van der Waals surface area contributed by atoms with E-state index < -0.39 is 66.3 Å². The summed E-state index contributed by atoms with van der Waals surface area (Å²) in [7, 11) is 0. The van der Waals surface area contributed by atoms with Gasteiger partial charge in [0.1, 0.15) is 24.2 Å². The number of carboxylic acids is 2. The highest BCUT2D eigenvalue weighted by molar-refractivity contribution is 5.96. The van der Waals surface area contributed by atoms with E-state index in [9.17, 15) is 33.9 Å². The molecule has 11 N–H and O–H groups in total. The SMILES string of the molecule is CC(C)C[C@H](N)C(=O)N1CCC[C@H]1C(=O)N[C@@H](CCCN=C(N)N)C(=O)N[C@@H](CC(=O)O)C(=O)N[C@@H](C)C(=O)O. The van der Waals surface area contributed by atoms with Crippen LogP contribution >= 0.6 is 0 Å². The van der Waals surface area contributed by atoms with Crippen LogP contribution in [0.4, 0.5) is 0 Å². The van der Waals surface area contributed by atoms with Gasteiger partial charge in [-0.2, -0.15) is 0 Å². The number of hydrogen-bond donors (Lipinski definition) is 8. The molecule has 1 fully saturated rings. The zero-order valence-electron chi connectivity index (χ0n) is 23.1. The molecule has 4 amide bonds. The van der Waals surface area contributed by atoms with Gasteiger partial charge in [0, 0.05) is 13.1 Å². The fourth-order valence-electron chi connectivity index (χ4n) is 4.20. The Morgan fingerprint density at radius 2 is 1.60 bits per heavy atom. The van der Waals surface area contributed by atoms with Crippen LogP contribution in [-0.2, 0) is 28.8 Å². The van der Waals surface area contributed by atoms with E-state index >= 15 is 0 Å². The lowest BCUT2D eigenvalue weighted by Gasteiger charge is -2.29. The Morgan fingerprint density at radius 3 is 2.15 bits per heavy atom. The first-order valence-corrected chi connectivity index (χ1v) is 13.1. The van der Waals surface area contributed by atoms with Gasteiger partial charge in [-0.1, -0.05) is 13.8 Å². The second kappa shape index (κ2) is 16.2. The topological polar surface area (TPSA) is 273 Å². The lowest BCUT2D eigenvalue weighted by molar-refractivity contribution is -0.143. The number of hydrogen-bond acceptors (Lipinski definition) is 8. The van der Waals surface area contributed by atoms with Gasteiger partial charge in [-0.25, -0.2) is 0 Å². The third-order valence-corrected chi connectivity index (χ3v) is 6.20. The standard InChI is InChI=1S/C24H42N8O8/c1-12(2)10-14(25)22(38)32-9-5-7-17(32)21(37)30-15(6-4-8-28-24(26)27)19(35)31-16(11-18(33)34)20(36)29-13(3)23(39)40/h12-17H,4-11,25H2,1-3H3,(H,29,36)(H,30,37)(H,31,35)(H,33,34)(H,39,40)(H4,26,27,28)/t13-,14-,15-,16-,17-/m0/s1. The fourth-order valence-corrected chi connectivity index (χ4v) is 4.20. The molecule has 0 saturated carbocycles. The molecule has 1 aliphatic rings. The number of aliphatic carboxylic acids is 2. The Morgan fingerprint density at radius 1 is 0.975 bits per heavy atom. The summed E-state index contributed by atoms with van der Waals surface area (Å²) in [5.41, 5.74) is 16.7. The number of carbonyl (C=O) groups excluding carboxylic acids is 4. The van der Waals surface area contributed by atoms with E-state index in [0.29, 0.717) is 25.8 Å². The van der Waals surface area contributed by atoms with Gasteiger partial charge in [0.2, 0.25) is 23.6 Å². The lowest BCUT2D eigenvalue weighted by atomic mass is 10.0. The summed E-state index contributed by atoms with van der Waals surface area (Å²) in [5.74, 6) is -5.67. The molecule has 0 radical (unpaired) electrons. The van der Waals surface area contributed by atoms with Crippen LogP contribution in [0.1, 0.15) is 59.3 Å². The summed E-state index contributed by atoms with van der Waals surface area (Å²) in [6.45, 7) is 5.47. The summed E-state index contributed by atoms with van der Waals surface area (Å²) in [4.78, 5) is 79.5. The molecule has 40 heavy (non-hydrogen) atoms. The van der Waals surface area contributed by atoms with Crippen molar-refractivity contribution in [2.75, 3.05) is 13.1 Å². The number of nitrogens with two attached hydrogens (primary N) is 3. The number of amides is 4. The molecule has 0 spiro atoms. The van der Waals surface area contributed by atoms with Crippen LogP contribution in [-0.4, -0.2) is 99.9 Å². The van der Waals surface area contributed by atoms with E-state index in [1.54, 1.807) is 0 Å². The van der Waals surface area contributed by atoms with Crippen molar-refractivity contribution in [2.24, 2.45) is 28.1 Å². The minimum absolute atomic E-state index is 0.00875. The smallest absolute Gasteiger partial charge is 0.325 e. The molecule has 1 rings (SSSR count). The molecule has 0 bridgehead atoms. The van der Waals surface area contributed by atoms with Gasteiger partial charge < -0.3 is 48.3 Å². The zero-order valence-corrected chi connectivity index (χ0v) is 23.1. The first-order chi connectivity index (χ1) is 18.6. The van der Waals surface area contributed by atoms with Crippen molar-refractivity contribution in [3.63, 3.8) is 0 Å². The zero-order chi connectivity index (χ0) is 30.6. The van der Waals surface area contributed by atoms with E-state index in [2.05, 4.69) is 20.9 Å². The van der Waals surface area contributed by atoms with Crippen molar-refractivity contribution >= 4 is 41.5 Å². The minimum atomic E-state index is -1.62. The number of carbonyl (C=O) groups is 6. The highest BCUT2D eigenvalue weighted by Gasteiger charge is 2.38. The molecular formula is C24H42N8O8. The molecule has 1 aliphatic heterocycles. The average molecular weight is 571 g/mol. The molecule has 0 aromatic rings.